The molecule has 0 aliphatic rings. The number of hydrogen-bond donors (Lipinski definition) is 2. The van der Waals surface area contributed by atoms with E-state index in [9.17, 15) is 0 Å². The largest absolute Gasteiger partial charge is 0.493 e. The summed E-state index contributed by atoms with van der Waals surface area (Å²) in [6.45, 7) is 6.37. The van der Waals surface area contributed by atoms with Crippen LogP contribution in [0.5, 0.6) is 11.5 Å². The van der Waals surface area contributed by atoms with Gasteiger partial charge in [0.1, 0.15) is 0 Å². The van der Waals surface area contributed by atoms with Crippen LogP contribution in [0.3, 0.4) is 0 Å². The molecule has 1 aromatic carbocycles. The van der Waals surface area contributed by atoms with Gasteiger partial charge in [-0.1, -0.05) is 6.07 Å². The molecule has 7 heteroatoms. The Kier molecular flexibility index (Phi) is 7.06. The van der Waals surface area contributed by atoms with Crippen LogP contribution >= 0.6 is 12.2 Å². The van der Waals surface area contributed by atoms with Gasteiger partial charge in [-0.2, -0.15) is 5.10 Å². The van der Waals surface area contributed by atoms with Gasteiger partial charge in [0, 0.05) is 31.4 Å². The maximum atomic E-state index is 5.34. The first-order valence-corrected chi connectivity index (χ1v) is 8.73. The van der Waals surface area contributed by atoms with E-state index in [0.717, 1.165) is 47.8 Å². The van der Waals surface area contributed by atoms with Gasteiger partial charge in [-0.05, 0) is 50.2 Å². The van der Waals surface area contributed by atoms with Gasteiger partial charge in [0.25, 0.3) is 0 Å². The van der Waals surface area contributed by atoms with Gasteiger partial charge in [-0.15, -0.1) is 0 Å². The summed E-state index contributed by atoms with van der Waals surface area (Å²) < 4.78 is 12.5. The fourth-order valence-corrected chi connectivity index (χ4v) is 2.66. The summed E-state index contributed by atoms with van der Waals surface area (Å²) in [4.78, 5) is 0. The molecule has 0 aliphatic heterocycles. The minimum atomic E-state index is 0.643. The predicted octanol–water partition coefficient (Wildman–Crippen LogP) is 2.44. The lowest BCUT2D eigenvalue weighted by Gasteiger charge is -2.12. The zero-order chi connectivity index (χ0) is 18.2. The highest BCUT2D eigenvalue weighted by Gasteiger charge is 2.06. The first kappa shape index (κ1) is 19.1. The van der Waals surface area contributed by atoms with E-state index in [1.54, 1.807) is 14.2 Å². The SMILES string of the molecule is CCn1cc(CNC(=S)NCCc2ccc(OC)c(OC)c2)c(C)n1. The molecule has 1 heterocycles. The van der Waals surface area contributed by atoms with Gasteiger partial charge in [0.2, 0.25) is 0 Å². The fourth-order valence-electron chi connectivity index (χ4n) is 2.49. The van der Waals surface area contributed by atoms with Crippen molar-refractivity contribution in [1.29, 1.82) is 0 Å². The lowest BCUT2D eigenvalue weighted by molar-refractivity contribution is 0.354. The molecule has 25 heavy (non-hydrogen) atoms. The smallest absolute Gasteiger partial charge is 0.166 e. The second kappa shape index (κ2) is 9.27. The minimum Gasteiger partial charge on any atom is -0.493 e. The number of hydrogen-bond acceptors (Lipinski definition) is 4. The monoisotopic (exact) mass is 362 g/mol. The third kappa shape index (κ3) is 5.35. The first-order valence-electron chi connectivity index (χ1n) is 8.32. The standard InChI is InChI=1S/C18H26N4O2S/c1-5-22-12-15(13(2)21-22)11-20-18(25)19-9-8-14-6-7-16(23-3)17(10-14)24-4/h6-7,10,12H,5,8-9,11H2,1-4H3,(H2,19,20,25). The summed E-state index contributed by atoms with van der Waals surface area (Å²) in [5.41, 5.74) is 3.35. The molecule has 2 aromatic rings. The quantitative estimate of drug-likeness (QED) is 0.704. The Balaban J connectivity index is 1.77. The van der Waals surface area contributed by atoms with Crippen molar-refractivity contribution in [2.75, 3.05) is 20.8 Å². The van der Waals surface area contributed by atoms with E-state index in [-0.39, 0.29) is 0 Å². The van der Waals surface area contributed by atoms with Crippen LogP contribution in [-0.4, -0.2) is 35.7 Å². The lowest BCUT2D eigenvalue weighted by Crippen LogP contribution is -2.36. The summed E-state index contributed by atoms with van der Waals surface area (Å²) in [6, 6.07) is 5.93. The molecule has 136 valence electrons. The Morgan fingerprint density at radius 3 is 2.60 bits per heavy atom. The molecule has 6 nitrogen and oxygen atoms in total. The molecule has 0 amide bonds. The second-order valence-electron chi connectivity index (χ2n) is 5.64. The van der Waals surface area contributed by atoms with Gasteiger partial charge < -0.3 is 20.1 Å². The number of nitrogens with one attached hydrogen (secondary N) is 2. The van der Waals surface area contributed by atoms with Crippen molar-refractivity contribution in [3.63, 3.8) is 0 Å². The van der Waals surface area contributed by atoms with Crippen molar-refractivity contribution in [2.24, 2.45) is 0 Å². The van der Waals surface area contributed by atoms with Crippen molar-refractivity contribution in [3.05, 3.63) is 41.2 Å². The Hall–Kier alpha value is -2.28. The summed E-state index contributed by atoms with van der Waals surface area (Å²) in [6.07, 6.45) is 2.89. The molecule has 0 saturated carbocycles. The Morgan fingerprint density at radius 2 is 1.96 bits per heavy atom. The molecule has 0 bridgehead atoms. The van der Waals surface area contributed by atoms with Gasteiger partial charge in [0.15, 0.2) is 16.6 Å². The number of methoxy groups -OCH3 is 2. The Labute approximate surface area is 154 Å². The van der Waals surface area contributed by atoms with E-state index in [1.807, 2.05) is 29.8 Å². The first-order chi connectivity index (χ1) is 12.1. The maximum Gasteiger partial charge on any atom is 0.166 e. The van der Waals surface area contributed by atoms with Gasteiger partial charge >= 0.3 is 0 Å². The topological polar surface area (TPSA) is 60.3 Å². The van der Waals surface area contributed by atoms with Crippen LogP contribution in [0.4, 0.5) is 0 Å². The molecule has 2 rings (SSSR count). The minimum absolute atomic E-state index is 0.643. The molecule has 0 spiro atoms. The molecule has 1 aromatic heterocycles. The lowest BCUT2D eigenvalue weighted by atomic mass is 10.1. The number of thiocarbonyl (C=S) groups is 1. The number of nitrogens with zero attached hydrogens (tertiary/aromatic N) is 2. The zero-order valence-electron chi connectivity index (χ0n) is 15.3. The van der Waals surface area contributed by atoms with Crippen LogP contribution in [0.25, 0.3) is 0 Å². The highest BCUT2D eigenvalue weighted by Crippen LogP contribution is 2.27. The highest BCUT2D eigenvalue weighted by atomic mass is 32.1. The van der Waals surface area contributed by atoms with E-state index in [2.05, 4.69) is 28.9 Å². The summed E-state index contributed by atoms with van der Waals surface area (Å²) in [7, 11) is 3.27. The number of ether oxygens (including phenoxy) is 2. The summed E-state index contributed by atoms with van der Waals surface area (Å²) in [5.74, 6) is 1.48. The Bertz CT molecular complexity index is 715. The van der Waals surface area contributed by atoms with Gasteiger partial charge in [0.05, 0.1) is 19.9 Å². The number of aromatic nitrogens is 2. The average molecular weight is 362 g/mol. The van der Waals surface area contributed by atoms with Crippen molar-refractivity contribution < 1.29 is 9.47 Å². The normalized spacial score (nSPS) is 10.4. The predicted molar refractivity (Wildman–Crippen MR) is 103 cm³/mol. The van der Waals surface area contributed by atoms with Crippen molar-refractivity contribution >= 4 is 17.3 Å². The van der Waals surface area contributed by atoms with Gasteiger partial charge in [-0.25, -0.2) is 0 Å². The maximum absolute atomic E-state index is 5.34. The van der Waals surface area contributed by atoms with Crippen LogP contribution in [0.1, 0.15) is 23.7 Å². The number of aryl methyl sites for hydroxylation is 2. The molecule has 0 aliphatic carbocycles. The number of benzene rings is 1. The summed E-state index contributed by atoms with van der Waals surface area (Å²) >= 11 is 5.34. The fraction of sp³-hybridized carbons (Fsp3) is 0.444. The van der Waals surface area contributed by atoms with Crippen LogP contribution in [0.2, 0.25) is 0 Å². The molecule has 0 atom stereocenters. The summed E-state index contributed by atoms with van der Waals surface area (Å²) in [5, 5.41) is 11.5. The zero-order valence-corrected chi connectivity index (χ0v) is 16.1. The van der Waals surface area contributed by atoms with E-state index in [4.69, 9.17) is 21.7 Å². The van der Waals surface area contributed by atoms with Crippen LogP contribution in [-0.2, 0) is 19.5 Å². The third-order valence-electron chi connectivity index (χ3n) is 3.96. The molecule has 0 fully saturated rings. The van der Waals surface area contributed by atoms with Crippen molar-refractivity contribution in [3.8, 4) is 11.5 Å². The molecular weight excluding hydrogens is 336 g/mol. The van der Waals surface area contributed by atoms with Crippen LogP contribution in [0.15, 0.2) is 24.4 Å². The molecule has 0 unspecified atom stereocenters. The molecule has 0 saturated heterocycles. The van der Waals surface area contributed by atoms with Crippen molar-refractivity contribution in [1.82, 2.24) is 20.4 Å². The van der Waals surface area contributed by atoms with Gasteiger partial charge in [-0.3, -0.25) is 4.68 Å². The van der Waals surface area contributed by atoms with Crippen molar-refractivity contribution in [2.45, 2.75) is 33.4 Å². The van der Waals surface area contributed by atoms with Crippen LogP contribution in [0, 0.1) is 6.92 Å². The average Bonchev–Trinajstić information content (AvgIpc) is 2.99. The van der Waals surface area contributed by atoms with E-state index < -0.39 is 0 Å². The Morgan fingerprint density at radius 1 is 1.20 bits per heavy atom. The number of rotatable bonds is 8. The molecule has 2 N–H and O–H groups in total. The second-order valence-corrected chi connectivity index (χ2v) is 6.05. The van der Waals surface area contributed by atoms with E-state index in [0.29, 0.717) is 11.7 Å². The molecule has 0 radical (unpaired) electrons. The van der Waals surface area contributed by atoms with E-state index in [1.165, 1.54) is 0 Å². The van der Waals surface area contributed by atoms with E-state index >= 15 is 0 Å². The molecular formula is C18H26N4O2S. The third-order valence-corrected chi connectivity index (χ3v) is 4.25. The van der Waals surface area contributed by atoms with Crippen LogP contribution < -0.4 is 20.1 Å². The highest BCUT2D eigenvalue weighted by molar-refractivity contribution is 7.80.